The molecule has 0 unspecified atom stereocenters. The minimum Gasteiger partial charge on any atom is -0.466 e. The molecule has 80 valence electrons. The van der Waals surface area contributed by atoms with Crippen LogP contribution in [0.15, 0.2) is 27.3 Å². The fourth-order valence-corrected chi connectivity index (χ4v) is 1.84. The SMILES string of the molecule is COCOc1c(Br)cc(F)c2occc12. The fraction of sp³-hybridized carbons (Fsp3) is 0.200. The molecule has 3 nitrogen and oxygen atoms in total. The lowest BCUT2D eigenvalue weighted by molar-refractivity contribution is 0.0516. The van der Waals surface area contributed by atoms with Crippen molar-refractivity contribution in [3.8, 4) is 5.75 Å². The van der Waals surface area contributed by atoms with E-state index in [0.717, 1.165) is 0 Å². The Hall–Kier alpha value is -1.07. The number of halogens is 2. The standard InChI is InChI=1S/C10H8BrFO3/c1-13-5-15-9-6-2-3-14-10(6)8(12)4-7(9)11/h2-4H,5H2,1H3. The molecule has 0 aliphatic rings. The Morgan fingerprint density at radius 3 is 3.07 bits per heavy atom. The van der Waals surface area contributed by atoms with Crippen LogP contribution < -0.4 is 4.74 Å². The molecule has 0 amide bonds. The van der Waals surface area contributed by atoms with Crippen LogP contribution in [-0.2, 0) is 4.74 Å². The number of rotatable bonds is 3. The average Bonchev–Trinajstić information content (AvgIpc) is 2.66. The molecule has 2 rings (SSSR count). The summed E-state index contributed by atoms with van der Waals surface area (Å²) < 4.78 is 29.0. The van der Waals surface area contributed by atoms with Crippen molar-refractivity contribution in [2.75, 3.05) is 13.9 Å². The van der Waals surface area contributed by atoms with Gasteiger partial charge in [0.1, 0.15) is 5.75 Å². The van der Waals surface area contributed by atoms with Crippen LogP contribution in [0.2, 0.25) is 0 Å². The molecule has 1 heterocycles. The zero-order chi connectivity index (χ0) is 10.8. The van der Waals surface area contributed by atoms with E-state index in [4.69, 9.17) is 13.9 Å². The fourth-order valence-electron chi connectivity index (χ4n) is 1.31. The lowest BCUT2D eigenvalue weighted by atomic mass is 10.2. The number of methoxy groups -OCH3 is 1. The highest BCUT2D eigenvalue weighted by molar-refractivity contribution is 9.10. The van der Waals surface area contributed by atoms with Gasteiger partial charge in [0.2, 0.25) is 0 Å². The molecular weight excluding hydrogens is 267 g/mol. The van der Waals surface area contributed by atoms with Gasteiger partial charge in [0.25, 0.3) is 0 Å². The van der Waals surface area contributed by atoms with E-state index in [-0.39, 0.29) is 12.4 Å². The van der Waals surface area contributed by atoms with Crippen molar-refractivity contribution in [1.29, 1.82) is 0 Å². The van der Waals surface area contributed by atoms with Crippen LogP contribution in [-0.4, -0.2) is 13.9 Å². The van der Waals surface area contributed by atoms with Crippen LogP contribution in [0.1, 0.15) is 0 Å². The van der Waals surface area contributed by atoms with Crippen LogP contribution in [0.5, 0.6) is 5.75 Å². The Labute approximate surface area is 93.9 Å². The normalized spacial score (nSPS) is 10.9. The third-order valence-corrected chi connectivity index (χ3v) is 2.51. The topological polar surface area (TPSA) is 31.6 Å². The highest BCUT2D eigenvalue weighted by atomic mass is 79.9. The molecule has 1 aromatic carbocycles. The Morgan fingerprint density at radius 1 is 1.53 bits per heavy atom. The van der Waals surface area contributed by atoms with Crippen molar-refractivity contribution < 1.29 is 18.3 Å². The van der Waals surface area contributed by atoms with Crippen LogP contribution in [0.4, 0.5) is 4.39 Å². The summed E-state index contributed by atoms with van der Waals surface area (Å²) in [7, 11) is 1.52. The van der Waals surface area contributed by atoms with Gasteiger partial charge in [-0.25, -0.2) is 4.39 Å². The molecule has 2 aromatic rings. The van der Waals surface area contributed by atoms with E-state index in [1.807, 2.05) is 0 Å². The molecule has 0 aliphatic heterocycles. The molecule has 1 aromatic heterocycles. The highest BCUT2D eigenvalue weighted by Gasteiger charge is 2.14. The van der Waals surface area contributed by atoms with Crippen LogP contribution >= 0.6 is 15.9 Å². The monoisotopic (exact) mass is 274 g/mol. The first-order valence-electron chi connectivity index (χ1n) is 4.21. The smallest absolute Gasteiger partial charge is 0.188 e. The van der Waals surface area contributed by atoms with Gasteiger partial charge in [-0.1, -0.05) is 0 Å². The van der Waals surface area contributed by atoms with E-state index in [0.29, 0.717) is 15.6 Å². The Kier molecular flexibility index (Phi) is 2.93. The Bertz CT molecular complexity index is 481. The van der Waals surface area contributed by atoms with Gasteiger partial charge < -0.3 is 13.9 Å². The molecule has 0 bridgehead atoms. The van der Waals surface area contributed by atoms with Gasteiger partial charge in [-0.2, -0.15) is 0 Å². The number of fused-ring (bicyclic) bond motifs is 1. The average molecular weight is 275 g/mol. The number of ether oxygens (including phenoxy) is 2. The molecule has 0 saturated carbocycles. The van der Waals surface area contributed by atoms with Gasteiger partial charge >= 0.3 is 0 Å². The van der Waals surface area contributed by atoms with Gasteiger partial charge in [-0.05, 0) is 28.1 Å². The van der Waals surface area contributed by atoms with E-state index in [1.54, 1.807) is 6.07 Å². The summed E-state index contributed by atoms with van der Waals surface area (Å²) in [6.45, 7) is 0.102. The van der Waals surface area contributed by atoms with Gasteiger partial charge in [0.15, 0.2) is 18.2 Å². The van der Waals surface area contributed by atoms with Crippen LogP contribution in [0.25, 0.3) is 11.0 Å². The van der Waals surface area contributed by atoms with Crippen molar-refractivity contribution in [3.63, 3.8) is 0 Å². The highest BCUT2D eigenvalue weighted by Crippen LogP contribution is 2.36. The first-order valence-corrected chi connectivity index (χ1v) is 5.00. The first-order chi connectivity index (χ1) is 7.24. The van der Waals surface area contributed by atoms with Gasteiger partial charge in [-0.15, -0.1) is 0 Å². The summed E-state index contributed by atoms with van der Waals surface area (Å²) in [6.07, 6.45) is 1.42. The van der Waals surface area contributed by atoms with E-state index in [1.165, 1.54) is 19.4 Å². The second-order valence-electron chi connectivity index (χ2n) is 2.88. The molecular formula is C10H8BrFO3. The molecule has 0 fully saturated rings. The van der Waals surface area contributed by atoms with Crippen molar-refractivity contribution in [2.45, 2.75) is 0 Å². The summed E-state index contributed by atoms with van der Waals surface area (Å²) in [6, 6.07) is 2.95. The van der Waals surface area contributed by atoms with Crippen LogP contribution in [0, 0.1) is 5.82 Å². The predicted octanol–water partition coefficient (Wildman–Crippen LogP) is 3.32. The van der Waals surface area contributed by atoms with Gasteiger partial charge in [0.05, 0.1) is 16.1 Å². The Balaban J connectivity index is 2.55. The Morgan fingerprint density at radius 2 is 2.33 bits per heavy atom. The molecule has 0 saturated heterocycles. The quantitative estimate of drug-likeness (QED) is 0.805. The summed E-state index contributed by atoms with van der Waals surface area (Å²) in [5.74, 6) is 0.0913. The lowest BCUT2D eigenvalue weighted by Crippen LogP contribution is -2.00. The molecule has 0 radical (unpaired) electrons. The molecule has 15 heavy (non-hydrogen) atoms. The van der Waals surface area contributed by atoms with E-state index >= 15 is 0 Å². The van der Waals surface area contributed by atoms with E-state index in [2.05, 4.69) is 15.9 Å². The summed E-state index contributed by atoms with van der Waals surface area (Å²) >= 11 is 3.22. The second kappa shape index (κ2) is 4.20. The van der Waals surface area contributed by atoms with Crippen LogP contribution in [0.3, 0.4) is 0 Å². The lowest BCUT2D eigenvalue weighted by Gasteiger charge is -2.08. The third-order valence-electron chi connectivity index (χ3n) is 1.92. The minimum absolute atomic E-state index is 0.102. The maximum Gasteiger partial charge on any atom is 0.188 e. The molecule has 5 heteroatoms. The number of benzene rings is 1. The van der Waals surface area contributed by atoms with Gasteiger partial charge in [-0.3, -0.25) is 0 Å². The first kappa shape index (κ1) is 10.4. The van der Waals surface area contributed by atoms with Gasteiger partial charge in [0, 0.05) is 7.11 Å². The largest absolute Gasteiger partial charge is 0.466 e. The summed E-state index contributed by atoms with van der Waals surface area (Å²) in [5.41, 5.74) is 0.185. The molecule has 0 spiro atoms. The van der Waals surface area contributed by atoms with Crippen molar-refractivity contribution in [1.82, 2.24) is 0 Å². The molecule has 0 N–H and O–H groups in total. The van der Waals surface area contributed by atoms with Crippen molar-refractivity contribution >= 4 is 26.9 Å². The zero-order valence-corrected chi connectivity index (χ0v) is 9.51. The summed E-state index contributed by atoms with van der Waals surface area (Å²) in [4.78, 5) is 0. The van der Waals surface area contributed by atoms with Crippen molar-refractivity contribution in [3.05, 3.63) is 28.7 Å². The summed E-state index contributed by atoms with van der Waals surface area (Å²) in [5, 5.41) is 0.582. The number of furan rings is 1. The maximum atomic E-state index is 13.4. The molecule has 0 aliphatic carbocycles. The number of hydrogen-bond donors (Lipinski definition) is 0. The molecule has 0 atom stereocenters. The van der Waals surface area contributed by atoms with Crippen molar-refractivity contribution in [2.24, 2.45) is 0 Å². The van der Waals surface area contributed by atoms with E-state index < -0.39 is 5.82 Å². The maximum absolute atomic E-state index is 13.4. The van der Waals surface area contributed by atoms with E-state index in [9.17, 15) is 4.39 Å². The minimum atomic E-state index is -0.424. The third kappa shape index (κ3) is 1.85. The predicted molar refractivity (Wildman–Crippen MR) is 56.4 cm³/mol. The zero-order valence-electron chi connectivity index (χ0n) is 7.92. The second-order valence-corrected chi connectivity index (χ2v) is 3.74. The number of hydrogen-bond acceptors (Lipinski definition) is 3.